The van der Waals surface area contributed by atoms with Crippen molar-refractivity contribution in [2.45, 2.75) is 31.7 Å². The summed E-state index contributed by atoms with van der Waals surface area (Å²) in [5.74, 6) is 0.978. The Hall–Kier alpha value is -0.120. The van der Waals surface area contributed by atoms with Gasteiger partial charge in [-0.3, -0.25) is 0 Å². The van der Waals surface area contributed by atoms with Crippen LogP contribution in [0.5, 0.6) is 0 Å². The average molecular weight is 211 g/mol. The van der Waals surface area contributed by atoms with Crippen molar-refractivity contribution in [3.05, 3.63) is 0 Å². The van der Waals surface area contributed by atoms with Crippen LogP contribution < -0.4 is 5.73 Å². The maximum absolute atomic E-state index is 5.55. The third-order valence-corrected chi connectivity index (χ3v) is 3.97. The molecule has 0 radical (unpaired) electrons. The Morgan fingerprint density at radius 1 is 1.27 bits per heavy atom. The van der Waals surface area contributed by atoms with Crippen molar-refractivity contribution in [3.63, 3.8) is 0 Å². The molecule has 0 bridgehead atoms. The number of rotatable bonds is 6. The molecule has 0 amide bonds. The van der Waals surface area contributed by atoms with Crippen LogP contribution >= 0.6 is 0 Å². The molecule has 0 aromatic rings. The highest BCUT2D eigenvalue weighted by Gasteiger charge is 2.29. The molecular formula is C12H25N3. The molecule has 0 aliphatic carbocycles. The molecule has 2 saturated heterocycles. The zero-order chi connectivity index (χ0) is 10.7. The highest BCUT2D eigenvalue weighted by atomic mass is 15.2. The van der Waals surface area contributed by atoms with E-state index in [4.69, 9.17) is 5.73 Å². The number of nitrogens with zero attached hydrogens (tertiary/aromatic N) is 2. The van der Waals surface area contributed by atoms with Gasteiger partial charge < -0.3 is 15.5 Å². The first kappa shape index (κ1) is 11.4. The molecule has 2 fully saturated rings. The minimum atomic E-state index is 0.859. The maximum Gasteiger partial charge on any atom is 0.0108 e. The first-order valence-electron chi connectivity index (χ1n) is 6.42. The zero-order valence-electron chi connectivity index (χ0n) is 9.99. The fourth-order valence-electron chi connectivity index (χ4n) is 2.83. The van der Waals surface area contributed by atoms with Gasteiger partial charge in [-0.05, 0) is 58.3 Å². The van der Waals surface area contributed by atoms with Gasteiger partial charge in [-0.25, -0.2) is 0 Å². The van der Waals surface area contributed by atoms with E-state index in [0.29, 0.717) is 0 Å². The quantitative estimate of drug-likeness (QED) is 0.704. The molecule has 2 aliphatic rings. The Bertz CT molecular complexity index is 189. The summed E-state index contributed by atoms with van der Waals surface area (Å²) < 4.78 is 0. The molecule has 2 heterocycles. The molecule has 0 spiro atoms. The molecule has 15 heavy (non-hydrogen) atoms. The van der Waals surface area contributed by atoms with Crippen molar-refractivity contribution in [2.75, 3.05) is 39.8 Å². The topological polar surface area (TPSA) is 32.5 Å². The van der Waals surface area contributed by atoms with Crippen LogP contribution in [0.15, 0.2) is 0 Å². The fourth-order valence-corrected chi connectivity index (χ4v) is 2.83. The smallest absolute Gasteiger partial charge is 0.0108 e. The highest BCUT2D eigenvalue weighted by molar-refractivity contribution is 4.85. The number of likely N-dealkylation sites (tertiary alicyclic amines) is 2. The number of nitrogens with two attached hydrogens (primary N) is 1. The minimum Gasteiger partial charge on any atom is -0.330 e. The second kappa shape index (κ2) is 5.28. The summed E-state index contributed by atoms with van der Waals surface area (Å²) in [6, 6.07) is 0.867. The Kier molecular flexibility index (Phi) is 4.00. The number of hydrogen-bond acceptors (Lipinski definition) is 3. The van der Waals surface area contributed by atoms with E-state index >= 15 is 0 Å². The summed E-state index contributed by atoms with van der Waals surface area (Å²) in [4.78, 5) is 5.07. The number of hydrogen-bond donors (Lipinski definition) is 1. The van der Waals surface area contributed by atoms with Crippen molar-refractivity contribution >= 4 is 0 Å². The van der Waals surface area contributed by atoms with Gasteiger partial charge in [0.2, 0.25) is 0 Å². The lowest BCUT2D eigenvalue weighted by Crippen LogP contribution is -2.50. The van der Waals surface area contributed by atoms with Gasteiger partial charge >= 0.3 is 0 Å². The summed E-state index contributed by atoms with van der Waals surface area (Å²) in [5, 5.41) is 0. The van der Waals surface area contributed by atoms with Crippen molar-refractivity contribution in [2.24, 2.45) is 11.7 Å². The summed E-state index contributed by atoms with van der Waals surface area (Å²) in [6.07, 6.45) is 5.34. The lowest BCUT2D eigenvalue weighted by molar-refractivity contribution is 0.0537. The Morgan fingerprint density at radius 2 is 2.07 bits per heavy atom. The SMILES string of the molecule is CN1CC(CCN2CCC2CCCN)C1. The van der Waals surface area contributed by atoms with Crippen molar-refractivity contribution in [1.82, 2.24) is 9.80 Å². The van der Waals surface area contributed by atoms with Gasteiger partial charge in [-0.2, -0.15) is 0 Å². The van der Waals surface area contributed by atoms with Crippen molar-refractivity contribution < 1.29 is 0 Å². The second-order valence-electron chi connectivity index (χ2n) is 5.29. The summed E-state index contributed by atoms with van der Waals surface area (Å²) in [7, 11) is 2.21. The second-order valence-corrected chi connectivity index (χ2v) is 5.29. The van der Waals surface area contributed by atoms with E-state index < -0.39 is 0 Å². The Balaban J connectivity index is 1.55. The van der Waals surface area contributed by atoms with Crippen molar-refractivity contribution in [1.29, 1.82) is 0 Å². The van der Waals surface area contributed by atoms with E-state index in [9.17, 15) is 0 Å². The molecule has 0 saturated carbocycles. The monoisotopic (exact) mass is 211 g/mol. The van der Waals surface area contributed by atoms with Gasteiger partial charge in [0.15, 0.2) is 0 Å². The predicted octanol–water partition coefficient (Wildman–Crippen LogP) is 0.751. The zero-order valence-corrected chi connectivity index (χ0v) is 9.99. The standard InChI is InChI=1S/C12H25N3/c1-14-9-11(10-14)4-7-15-8-5-12(15)3-2-6-13/h11-12H,2-10,13H2,1H3. The average Bonchev–Trinajstić information content (AvgIpc) is 2.14. The molecule has 1 atom stereocenters. The molecule has 0 aromatic carbocycles. The maximum atomic E-state index is 5.55. The molecule has 3 heteroatoms. The molecule has 2 rings (SSSR count). The lowest BCUT2D eigenvalue weighted by Gasteiger charge is -2.44. The molecule has 2 N–H and O–H groups in total. The fraction of sp³-hybridized carbons (Fsp3) is 1.00. The predicted molar refractivity (Wildman–Crippen MR) is 63.9 cm³/mol. The van der Waals surface area contributed by atoms with Gasteiger partial charge in [0.05, 0.1) is 0 Å². The van der Waals surface area contributed by atoms with Gasteiger partial charge in [-0.15, -0.1) is 0 Å². The van der Waals surface area contributed by atoms with Gasteiger partial charge in [-0.1, -0.05) is 0 Å². The van der Waals surface area contributed by atoms with Crippen LogP contribution in [0.3, 0.4) is 0 Å². The highest BCUT2D eigenvalue weighted by Crippen LogP contribution is 2.24. The van der Waals surface area contributed by atoms with Crippen LogP contribution in [0.25, 0.3) is 0 Å². The van der Waals surface area contributed by atoms with E-state index in [1.807, 2.05) is 0 Å². The van der Waals surface area contributed by atoms with Gasteiger partial charge in [0, 0.05) is 19.1 Å². The van der Waals surface area contributed by atoms with E-state index in [1.165, 1.54) is 51.9 Å². The third-order valence-electron chi connectivity index (χ3n) is 3.97. The van der Waals surface area contributed by atoms with Crippen LogP contribution in [0.1, 0.15) is 25.7 Å². The van der Waals surface area contributed by atoms with E-state index in [-0.39, 0.29) is 0 Å². The van der Waals surface area contributed by atoms with Gasteiger partial charge in [0.25, 0.3) is 0 Å². The summed E-state index contributed by atoms with van der Waals surface area (Å²) >= 11 is 0. The van der Waals surface area contributed by atoms with E-state index in [1.54, 1.807) is 0 Å². The Morgan fingerprint density at radius 3 is 2.60 bits per heavy atom. The van der Waals surface area contributed by atoms with Crippen LogP contribution in [-0.2, 0) is 0 Å². The molecule has 3 nitrogen and oxygen atoms in total. The van der Waals surface area contributed by atoms with Crippen LogP contribution in [-0.4, -0.2) is 55.6 Å². The van der Waals surface area contributed by atoms with Gasteiger partial charge in [0.1, 0.15) is 0 Å². The van der Waals surface area contributed by atoms with Crippen LogP contribution in [0.2, 0.25) is 0 Å². The largest absolute Gasteiger partial charge is 0.330 e. The normalized spacial score (nSPS) is 28.8. The van der Waals surface area contributed by atoms with E-state index in [2.05, 4.69) is 16.8 Å². The molecule has 2 aliphatic heterocycles. The molecule has 0 aromatic heterocycles. The minimum absolute atomic E-state index is 0.859. The third kappa shape index (κ3) is 2.92. The van der Waals surface area contributed by atoms with Crippen molar-refractivity contribution in [3.8, 4) is 0 Å². The summed E-state index contributed by atoms with van der Waals surface area (Å²) in [5.41, 5.74) is 5.55. The van der Waals surface area contributed by atoms with Crippen LogP contribution in [0, 0.1) is 5.92 Å². The lowest BCUT2D eigenvalue weighted by atomic mass is 9.93. The first-order valence-corrected chi connectivity index (χ1v) is 6.42. The molecule has 88 valence electrons. The Labute approximate surface area is 93.6 Å². The molecular weight excluding hydrogens is 186 g/mol. The molecule has 1 unspecified atom stereocenters. The first-order chi connectivity index (χ1) is 7.29. The summed E-state index contributed by atoms with van der Waals surface area (Å²) in [6.45, 7) is 6.16. The van der Waals surface area contributed by atoms with Crippen LogP contribution in [0.4, 0.5) is 0 Å². The van der Waals surface area contributed by atoms with E-state index in [0.717, 1.165) is 18.5 Å².